The predicted molar refractivity (Wildman–Crippen MR) is 62.5 cm³/mol. The molecule has 1 aromatic rings. The van der Waals surface area contributed by atoms with Crippen LogP contribution in [0.25, 0.3) is 0 Å². The molecule has 0 saturated heterocycles. The van der Waals surface area contributed by atoms with Crippen LogP contribution >= 0.6 is 0 Å². The van der Waals surface area contributed by atoms with Crippen LogP contribution < -0.4 is 10.1 Å². The van der Waals surface area contributed by atoms with Gasteiger partial charge in [0.15, 0.2) is 17.4 Å². The van der Waals surface area contributed by atoms with E-state index in [1.54, 1.807) is 7.11 Å². The molecule has 0 radical (unpaired) electrons. The van der Waals surface area contributed by atoms with Crippen molar-refractivity contribution in [3.05, 3.63) is 29.3 Å². The van der Waals surface area contributed by atoms with Crippen LogP contribution in [0.5, 0.6) is 5.75 Å². The van der Waals surface area contributed by atoms with Gasteiger partial charge in [-0.2, -0.15) is 0 Å². The molecule has 0 aliphatic carbocycles. The Labute approximate surface area is 105 Å². The Morgan fingerprint density at radius 3 is 2.44 bits per heavy atom. The Hall–Kier alpha value is -1.24. The van der Waals surface area contributed by atoms with Gasteiger partial charge in [0.2, 0.25) is 0 Å². The molecule has 0 bridgehead atoms. The topological polar surface area (TPSA) is 50.7 Å². The summed E-state index contributed by atoms with van der Waals surface area (Å²) in [4.78, 5) is 0. The second-order valence-corrected chi connectivity index (χ2v) is 3.63. The monoisotopic (exact) mass is 261 g/mol. The number of hydrogen-bond acceptors (Lipinski definition) is 4. The lowest BCUT2D eigenvalue weighted by molar-refractivity contribution is 0.190. The Morgan fingerprint density at radius 2 is 1.89 bits per heavy atom. The van der Waals surface area contributed by atoms with Crippen molar-refractivity contribution in [2.45, 2.75) is 6.54 Å². The maximum Gasteiger partial charge on any atom is 0.190 e. The Bertz CT molecular complexity index is 351. The van der Waals surface area contributed by atoms with Crippen molar-refractivity contribution in [1.29, 1.82) is 0 Å². The highest BCUT2D eigenvalue weighted by Gasteiger charge is 2.12. The van der Waals surface area contributed by atoms with Gasteiger partial charge >= 0.3 is 0 Å². The summed E-state index contributed by atoms with van der Waals surface area (Å²) >= 11 is 0. The van der Waals surface area contributed by atoms with Crippen molar-refractivity contribution in [3.8, 4) is 5.75 Å². The van der Waals surface area contributed by atoms with Crippen LogP contribution in [0, 0.1) is 11.6 Å². The summed E-state index contributed by atoms with van der Waals surface area (Å²) in [6.45, 7) is 1.04. The smallest absolute Gasteiger partial charge is 0.190 e. The number of aliphatic hydroxyl groups is 1. The molecule has 0 amide bonds. The fourth-order valence-electron chi connectivity index (χ4n) is 1.41. The Kier molecular flexibility index (Phi) is 6.56. The minimum absolute atomic E-state index is 0.140. The lowest BCUT2D eigenvalue weighted by atomic mass is 10.2. The molecule has 102 valence electrons. The molecule has 0 spiro atoms. The molecule has 1 rings (SSSR count). The number of rotatable bonds is 8. The summed E-state index contributed by atoms with van der Waals surface area (Å²) in [6, 6.07) is 2.41. The van der Waals surface area contributed by atoms with Crippen molar-refractivity contribution in [2.75, 3.05) is 33.5 Å². The quantitative estimate of drug-likeness (QED) is 0.687. The number of halogens is 2. The highest BCUT2D eigenvalue weighted by Crippen LogP contribution is 2.23. The molecule has 0 heterocycles. The summed E-state index contributed by atoms with van der Waals surface area (Å²) in [5.41, 5.74) is 0.484. The minimum atomic E-state index is -0.771. The standard InChI is InChI=1S/C12H17F2NO3/c1-17-4-2-15-8-9-6-10(13)12(11(14)7-9)18-5-3-16/h6-7,15-16H,2-5,8H2,1H3. The normalized spacial score (nSPS) is 10.7. The van der Waals surface area contributed by atoms with E-state index in [1.165, 1.54) is 12.1 Å². The van der Waals surface area contributed by atoms with Crippen LogP contribution in [-0.2, 0) is 11.3 Å². The fourth-order valence-corrected chi connectivity index (χ4v) is 1.41. The summed E-state index contributed by atoms with van der Waals surface area (Å²) in [6.07, 6.45) is 0. The zero-order chi connectivity index (χ0) is 13.4. The third kappa shape index (κ3) is 4.56. The number of benzene rings is 1. The largest absolute Gasteiger partial charge is 0.485 e. The Balaban J connectivity index is 2.61. The third-order valence-electron chi connectivity index (χ3n) is 2.21. The molecular weight excluding hydrogens is 244 g/mol. The molecule has 0 unspecified atom stereocenters. The highest BCUT2D eigenvalue weighted by molar-refractivity contribution is 5.31. The van der Waals surface area contributed by atoms with Gasteiger partial charge in [-0.3, -0.25) is 0 Å². The fraction of sp³-hybridized carbons (Fsp3) is 0.500. The lowest BCUT2D eigenvalue weighted by Gasteiger charge is -2.09. The van der Waals surface area contributed by atoms with E-state index < -0.39 is 17.4 Å². The number of nitrogens with one attached hydrogen (secondary N) is 1. The van der Waals surface area contributed by atoms with Crippen LogP contribution in [-0.4, -0.2) is 38.6 Å². The second-order valence-electron chi connectivity index (χ2n) is 3.63. The van der Waals surface area contributed by atoms with Crippen LogP contribution in [0.4, 0.5) is 8.78 Å². The van der Waals surface area contributed by atoms with Crippen molar-refractivity contribution >= 4 is 0 Å². The van der Waals surface area contributed by atoms with E-state index in [4.69, 9.17) is 14.6 Å². The van der Waals surface area contributed by atoms with E-state index in [2.05, 4.69) is 5.32 Å². The number of aliphatic hydroxyl groups excluding tert-OH is 1. The van der Waals surface area contributed by atoms with Gasteiger partial charge in [0, 0.05) is 20.2 Å². The van der Waals surface area contributed by atoms with E-state index in [1.807, 2.05) is 0 Å². The molecule has 2 N–H and O–H groups in total. The van der Waals surface area contributed by atoms with E-state index in [0.717, 1.165) is 0 Å². The van der Waals surface area contributed by atoms with Gasteiger partial charge in [-0.15, -0.1) is 0 Å². The van der Waals surface area contributed by atoms with Gasteiger partial charge in [-0.25, -0.2) is 8.78 Å². The second kappa shape index (κ2) is 7.97. The van der Waals surface area contributed by atoms with Gasteiger partial charge < -0.3 is 19.9 Å². The van der Waals surface area contributed by atoms with Crippen molar-refractivity contribution in [1.82, 2.24) is 5.32 Å². The maximum atomic E-state index is 13.5. The zero-order valence-corrected chi connectivity index (χ0v) is 10.2. The molecule has 0 saturated carbocycles. The SMILES string of the molecule is COCCNCc1cc(F)c(OCCO)c(F)c1. The summed E-state index contributed by atoms with van der Waals surface area (Å²) in [5, 5.41) is 11.5. The van der Waals surface area contributed by atoms with Gasteiger partial charge in [0.25, 0.3) is 0 Å². The van der Waals surface area contributed by atoms with Gasteiger partial charge in [0.1, 0.15) is 6.61 Å². The van der Waals surface area contributed by atoms with Gasteiger partial charge in [-0.1, -0.05) is 0 Å². The Morgan fingerprint density at radius 1 is 1.22 bits per heavy atom. The van der Waals surface area contributed by atoms with Crippen LogP contribution in [0.15, 0.2) is 12.1 Å². The van der Waals surface area contributed by atoms with Crippen molar-refractivity contribution in [3.63, 3.8) is 0 Å². The van der Waals surface area contributed by atoms with Crippen LogP contribution in [0.2, 0.25) is 0 Å². The van der Waals surface area contributed by atoms with Crippen LogP contribution in [0.1, 0.15) is 5.56 Å². The molecule has 0 aromatic heterocycles. The maximum absolute atomic E-state index is 13.5. The summed E-state index contributed by atoms with van der Waals surface area (Å²) in [7, 11) is 1.58. The van der Waals surface area contributed by atoms with Crippen LogP contribution in [0.3, 0.4) is 0 Å². The number of hydrogen-bond donors (Lipinski definition) is 2. The van der Waals surface area contributed by atoms with Gasteiger partial charge in [-0.05, 0) is 17.7 Å². The molecule has 6 heteroatoms. The molecule has 1 aromatic carbocycles. The zero-order valence-electron chi connectivity index (χ0n) is 10.2. The molecule has 4 nitrogen and oxygen atoms in total. The summed E-state index contributed by atoms with van der Waals surface area (Å²) < 4.78 is 36.6. The molecule has 0 aliphatic rings. The van der Waals surface area contributed by atoms with E-state index in [0.29, 0.717) is 25.3 Å². The van der Waals surface area contributed by atoms with E-state index in [-0.39, 0.29) is 13.2 Å². The average Bonchev–Trinajstić information content (AvgIpc) is 2.34. The van der Waals surface area contributed by atoms with E-state index in [9.17, 15) is 8.78 Å². The number of methoxy groups -OCH3 is 1. The molecular formula is C12H17F2NO3. The van der Waals surface area contributed by atoms with Crippen molar-refractivity contribution in [2.24, 2.45) is 0 Å². The molecule has 18 heavy (non-hydrogen) atoms. The lowest BCUT2D eigenvalue weighted by Crippen LogP contribution is -2.18. The first kappa shape index (κ1) is 14.8. The minimum Gasteiger partial charge on any atom is -0.485 e. The first-order chi connectivity index (χ1) is 8.69. The molecule has 0 fully saturated rings. The first-order valence-electron chi connectivity index (χ1n) is 5.60. The average molecular weight is 261 g/mol. The van der Waals surface area contributed by atoms with Gasteiger partial charge in [0.05, 0.1) is 13.2 Å². The summed E-state index contributed by atoms with van der Waals surface area (Å²) in [5.74, 6) is -2.00. The first-order valence-corrected chi connectivity index (χ1v) is 5.60. The van der Waals surface area contributed by atoms with E-state index >= 15 is 0 Å². The molecule has 0 atom stereocenters. The predicted octanol–water partition coefficient (Wildman–Crippen LogP) is 1.07. The van der Waals surface area contributed by atoms with Crippen molar-refractivity contribution < 1.29 is 23.4 Å². The number of ether oxygens (including phenoxy) is 2. The highest BCUT2D eigenvalue weighted by atomic mass is 19.1. The third-order valence-corrected chi connectivity index (χ3v) is 2.21. The molecule has 0 aliphatic heterocycles.